The standard InChI is InChI=1S/C11H18N4O/c1-7(2)15-10(16)6-14-11-9(12)4-8(3)5-13-11/h4-5,7H,6,12H2,1-3H3,(H,13,14)(H,15,16). The molecule has 5 nitrogen and oxygen atoms in total. The van der Waals surface area contributed by atoms with Gasteiger partial charge in [-0.3, -0.25) is 4.79 Å². The van der Waals surface area contributed by atoms with Crippen molar-refractivity contribution in [3.8, 4) is 0 Å². The summed E-state index contributed by atoms with van der Waals surface area (Å²) >= 11 is 0. The smallest absolute Gasteiger partial charge is 0.239 e. The van der Waals surface area contributed by atoms with Crippen molar-refractivity contribution in [1.82, 2.24) is 10.3 Å². The van der Waals surface area contributed by atoms with E-state index in [0.717, 1.165) is 5.56 Å². The van der Waals surface area contributed by atoms with Crippen LogP contribution in [0.4, 0.5) is 11.5 Å². The molecule has 16 heavy (non-hydrogen) atoms. The zero-order valence-corrected chi connectivity index (χ0v) is 9.87. The average molecular weight is 222 g/mol. The molecule has 4 N–H and O–H groups in total. The summed E-state index contributed by atoms with van der Waals surface area (Å²) in [5.74, 6) is 0.473. The van der Waals surface area contributed by atoms with E-state index in [1.165, 1.54) is 0 Å². The molecule has 0 aromatic carbocycles. The lowest BCUT2D eigenvalue weighted by molar-refractivity contribution is -0.119. The Bertz CT molecular complexity index is 376. The molecule has 1 heterocycles. The van der Waals surface area contributed by atoms with Crippen molar-refractivity contribution in [1.29, 1.82) is 0 Å². The van der Waals surface area contributed by atoms with E-state index >= 15 is 0 Å². The molecule has 1 rings (SSSR count). The monoisotopic (exact) mass is 222 g/mol. The summed E-state index contributed by atoms with van der Waals surface area (Å²) in [6, 6.07) is 1.95. The topological polar surface area (TPSA) is 80.0 Å². The Labute approximate surface area is 95.4 Å². The predicted octanol–water partition coefficient (Wildman–Crippen LogP) is 0.909. The largest absolute Gasteiger partial charge is 0.396 e. The van der Waals surface area contributed by atoms with Crippen LogP contribution in [0.3, 0.4) is 0 Å². The Morgan fingerprint density at radius 2 is 2.25 bits per heavy atom. The second kappa shape index (κ2) is 5.34. The molecule has 5 heteroatoms. The lowest BCUT2D eigenvalue weighted by Crippen LogP contribution is -2.35. The highest BCUT2D eigenvalue weighted by atomic mass is 16.1. The minimum absolute atomic E-state index is 0.0724. The maximum atomic E-state index is 11.4. The van der Waals surface area contributed by atoms with Gasteiger partial charge in [-0.05, 0) is 32.4 Å². The number of nitrogens with zero attached hydrogens (tertiary/aromatic N) is 1. The first kappa shape index (κ1) is 12.3. The fourth-order valence-electron chi connectivity index (χ4n) is 1.28. The zero-order chi connectivity index (χ0) is 12.1. The molecule has 0 bridgehead atoms. The van der Waals surface area contributed by atoms with E-state index in [-0.39, 0.29) is 18.5 Å². The van der Waals surface area contributed by atoms with Gasteiger partial charge in [0, 0.05) is 12.2 Å². The Kier molecular flexibility index (Phi) is 4.10. The number of carbonyl (C=O) groups is 1. The molecule has 0 atom stereocenters. The fourth-order valence-corrected chi connectivity index (χ4v) is 1.28. The van der Waals surface area contributed by atoms with Crippen molar-refractivity contribution in [2.24, 2.45) is 0 Å². The minimum atomic E-state index is -0.0724. The van der Waals surface area contributed by atoms with Gasteiger partial charge < -0.3 is 16.4 Å². The lowest BCUT2D eigenvalue weighted by Gasteiger charge is -2.11. The van der Waals surface area contributed by atoms with Crippen LogP contribution >= 0.6 is 0 Å². The highest BCUT2D eigenvalue weighted by Crippen LogP contribution is 2.14. The number of pyridine rings is 1. The maximum Gasteiger partial charge on any atom is 0.239 e. The number of aromatic nitrogens is 1. The summed E-state index contributed by atoms with van der Waals surface area (Å²) in [5.41, 5.74) is 7.30. The molecule has 0 aliphatic carbocycles. The van der Waals surface area contributed by atoms with Crippen LogP contribution in [0, 0.1) is 6.92 Å². The zero-order valence-electron chi connectivity index (χ0n) is 9.87. The number of nitrogens with two attached hydrogens (primary N) is 1. The summed E-state index contributed by atoms with van der Waals surface area (Å²) < 4.78 is 0. The van der Waals surface area contributed by atoms with Crippen molar-refractivity contribution in [3.63, 3.8) is 0 Å². The summed E-state index contributed by atoms with van der Waals surface area (Å²) in [5, 5.41) is 5.67. The van der Waals surface area contributed by atoms with Crippen molar-refractivity contribution in [2.45, 2.75) is 26.8 Å². The van der Waals surface area contributed by atoms with Crippen LogP contribution in [0.15, 0.2) is 12.3 Å². The second-order valence-corrected chi connectivity index (χ2v) is 4.03. The molecule has 1 amide bonds. The molecule has 0 aliphatic rings. The van der Waals surface area contributed by atoms with E-state index in [4.69, 9.17) is 5.73 Å². The van der Waals surface area contributed by atoms with Crippen molar-refractivity contribution < 1.29 is 4.79 Å². The van der Waals surface area contributed by atoms with Crippen LogP contribution in [0.1, 0.15) is 19.4 Å². The Hall–Kier alpha value is -1.78. The fraction of sp³-hybridized carbons (Fsp3) is 0.455. The van der Waals surface area contributed by atoms with Gasteiger partial charge in [-0.1, -0.05) is 0 Å². The third-order valence-corrected chi connectivity index (χ3v) is 1.92. The van der Waals surface area contributed by atoms with Crippen LogP contribution in [0.2, 0.25) is 0 Å². The van der Waals surface area contributed by atoms with Gasteiger partial charge in [0.1, 0.15) is 5.82 Å². The second-order valence-electron chi connectivity index (χ2n) is 4.03. The quantitative estimate of drug-likeness (QED) is 0.707. The molecule has 1 aromatic rings. The number of nitrogens with one attached hydrogen (secondary N) is 2. The third kappa shape index (κ3) is 3.76. The number of anilines is 2. The number of aryl methyl sites for hydroxylation is 1. The van der Waals surface area contributed by atoms with Crippen LogP contribution in [-0.2, 0) is 4.79 Å². The molecule has 1 aromatic heterocycles. The van der Waals surface area contributed by atoms with Crippen LogP contribution in [-0.4, -0.2) is 23.5 Å². The molecular weight excluding hydrogens is 204 g/mol. The molecule has 0 spiro atoms. The van der Waals surface area contributed by atoms with E-state index in [2.05, 4.69) is 15.6 Å². The lowest BCUT2D eigenvalue weighted by atomic mass is 10.3. The molecule has 88 valence electrons. The van der Waals surface area contributed by atoms with Crippen LogP contribution in [0.5, 0.6) is 0 Å². The Morgan fingerprint density at radius 3 is 2.81 bits per heavy atom. The van der Waals surface area contributed by atoms with E-state index in [9.17, 15) is 4.79 Å². The van der Waals surface area contributed by atoms with Gasteiger partial charge in [0.05, 0.1) is 12.2 Å². The van der Waals surface area contributed by atoms with Crippen molar-refractivity contribution in [2.75, 3.05) is 17.6 Å². The summed E-state index contributed by atoms with van der Waals surface area (Å²) in [4.78, 5) is 15.5. The van der Waals surface area contributed by atoms with Gasteiger partial charge >= 0.3 is 0 Å². The first-order valence-corrected chi connectivity index (χ1v) is 5.24. The molecule has 0 radical (unpaired) electrons. The van der Waals surface area contributed by atoms with Gasteiger partial charge in [0.2, 0.25) is 5.91 Å². The van der Waals surface area contributed by atoms with Crippen molar-refractivity contribution in [3.05, 3.63) is 17.8 Å². The highest BCUT2D eigenvalue weighted by molar-refractivity contribution is 5.81. The van der Waals surface area contributed by atoms with Gasteiger partial charge in [-0.15, -0.1) is 0 Å². The number of amides is 1. The molecule has 0 unspecified atom stereocenters. The van der Waals surface area contributed by atoms with E-state index in [1.807, 2.05) is 26.8 Å². The molecule has 0 aliphatic heterocycles. The minimum Gasteiger partial charge on any atom is -0.396 e. The molecule has 0 fully saturated rings. The molecule has 0 saturated heterocycles. The molecular formula is C11H18N4O. The number of rotatable bonds is 4. The first-order valence-electron chi connectivity index (χ1n) is 5.24. The average Bonchev–Trinajstić information content (AvgIpc) is 2.15. The van der Waals surface area contributed by atoms with Gasteiger partial charge in [0.25, 0.3) is 0 Å². The SMILES string of the molecule is Cc1cnc(NCC(=O)NC(C)C)c(N)c1. The highest BCUT2D eigenvalue weighted by Gasteiger charge is 2.05. The van der Waals surface area contributed by atoms with E-state index < -0.39 is 0 Å². The van der Waals surface area contributed by atoms with Crippen LogP contribution < -0.4 is 16.4 Å². The predicted molar refractivity (Wildman–Crippen MR) is 65.2 cm³/mol. The third-order valence-electron chi connectivity index (χ3n) is 1.92. The van der Waals surface area contributed by atoms with Gasteiger partial charge in [0.15, 0.2) is 0 Å². The number of hydrogen-bond donors (Lipinski definition) is 3. The number of carbonyl (C=O) groups excluding carboxylic acids is 1. The summed E-state index contributed by atoms with van der Waals surface area (Å²) in [7, 11) is 0. The normalized spacial score (nSPS) is 10.2. The Morgan fingerprint density at radius 1 is 1.56 bits per heavy atom. The van der Waals surface area contributed by atoms with E-state index in [0.29, 0.717) is 11.5 Å². The first-order chi connectivity index (χ1) is 7.49. The summed E-state index contributed by atoms with van der Waals surface area (Å²) in [6.45, 7) is 5.92. The maximum absolute atomic E-state index is 11.4. The van der Waals surface area contributed by atoms with Gasteiger partial charge in [-0.2, -0.15) is 0 Å². The molecule has 0 saturated carbocycles. The van der Waals surface area contributed by atoms with E-state index in [1.54, 1.807) is 6.20 Å². The van der Waals surface area contributed by atoms with Gasteiger partial charge in [-0.25, -0.2) is 4.98 Å². The van der Waals surface area contributed by atoms with Crippen LogP contribution in [0.25, 0.3) is 0 Å². The number of nitrogen functional groups attached to an aromatic ring is 1. The number of hydrogen-bond acceptors (Lipinski definition) is 4. The van der Waals surface area contributed by atoms with Crippen molar-refractivity contribution >= 4 is 17.4 Å². The summed E-state index contributed by atoms with van der Waals surface area (Å²) in [6.07, 6.45) is 1.71. The Balaban J connectivity index is 2.51.